The summed E-state index contributed by atoms with van der Waals surface area (Å²) < 4.78 is 0. The number of carbonyl (C=O) groups is 4. The number of hydrogen-bond acceptors (Lipinski definition) is 6. The van der Waals surface area contributed by atoms with Crippen molar-refractivity contribution in [3.8, 4) is 0 Å². The van der Waals surface area contributed by atoms with Crippen LogP contribution in [0.3, 0.4) is 0 Å². The smallest absolute Gasteiger partial charge is 0.325 e. The van der Waals surface area contributed by atoms with Gasteiger partial charge in [0.25, 0.3) is 0 Å². The lowest BCUT2D eigenvalue weighted by atomic mass is 10.0. The number of carboxylic acid groups (broad SMARTS) is 1. The Labute approximate surface area is 219 Å². The van der Waals surface area contributed by atoms with E-state index in [-0.39, 0.29) is 18.6 Å². The monoisotopic (exact) mass is 525 g/mol. The van der Waals surface area contributed by atoms with Gasteiger partial charge in [0.1, 0.15) is 18.1 Å². The zero-order valence-electron chi connectivity index (χ0n) is 20.3. The molecule has 0 saturated heterocycles. The molecule has 10 nitrogen and oxygen atoms in total. The van der Waals surface area contributed by atoms with Crippen LogP contribution in [0.2, 0.25) is 0 Å². The molecule has 4 unspecified atom stereocenters. The van der Waals surface area contributed by atoms with Crippen LogP contribution < -0.4 is 21.7 Å². The second kappa shape index (κ2) is 12.9. The lowest BCUT2D eigenvalue weighted by Crippen LogP contribution is -2.58. The van der Waals surface area contributed by atoms with Crippen molar-refractivity contribution in [3.63, 3.8) is 0 Å². The fourth-order valence-electron chi connectivity index (χ4n) is 3.81. The number of rotatable bonds is 12. The summed E-state index contributed by atoms with van der Waals surface area (Å²) in [5.41, 5.74) is 8.81. The summed E-state index contributed by atoms with van der Waals surface area (Å²) >= 11 is 4.12. The van der Waals surface area contributed by atoms with E-state index in [4.69, 9.17) is 10.8 Å². The average Bonchev–Trinajstić information content (AvgIpc) is 3.29. The third-order valence-electron chi connectivity index (χ3n) is 5.91. The van der Waals surface area contributed by atoms with E-state index in [1.807, 2.05) is 54.6 Å². The molecule has 3 amide bonds. The lowest BCUT2D eigenvalue weighted by molar-refractivity contribution is -0.141. The summed E-state index contributed by atoms with van der Waals surface area (Å²) in [5.74, 6) is -3.12. The van der Waals surface area contributed by atoms with Crippen LogP contribution >= 0.6 is 12.6 Å². The second-order valence-electron chi connectivity index (χ2n) is 8.73. The molecule has 0 aliphatic heterocycles. The third-order valence-corrected chi connectivity index (χ3v) is 6.28. The van der Waals surface area contributed by atoms with E-state index in [0.29, 0.717) is 0 Å². The predicted molar refractivity (Wildman–Crippen MR) is 143 cm³/mol. The van der Waals surface area contributed by atoms with E-state index >= 15 is 0 Å². The van der Waals surface area contributed by atoms with Gasteiger partial charge in [0.2, 0.25) is 17.7 Å². The maximum Gasteiger partial charge on any atom is 0.325 e. The van der Waals surface area contributed by atoms with Crippen LogP contribution in [-0.4, -0.2) is 63.7 Å². The molecular formula is C26H31N5O5S. The molecule has 0 aliphatic carbocycles. The molecule has 7 N–H and O–H groups in total. The number of nitrogens with one attached hydrogen (secondary N) is 4. The largest absolute Gasteiger partial charge is 0.480 e. The molecule has 4 atom stereocenters. The highest BCUT2D eigenvalue weighted by atomic mass is 32.1. The number of carbonyl (C=O) groups excluding carboxylic acids is 3. The van der Waals surface area contributed by atoms with E-state index in [0.717, 1.165) is 22.0 Å². The number of aliphatic carboxylic acids is 1. The van der Waals surface area contributed by atoms with Gasteiger partial charge in [-0.15, -0.1) is 0 Å². The number of H-pyrrole nitrogens is 1. The minimum atomic E-state index is -1.21. The highest BCUT2D eigenvalue weighted by molar-refractivity contribution is 7.80. The predicted octanol–water partition coefficient (Wildman–Crippen LogP) is 0.769. The molecule has 1 aromatic heterocycles. The average molecular weight is 526 g/mol. The first-order valence-electron chi connectivity index (χ1n) is 11.8. The molecule has 0 fully saturated rings. The molecule has 0 saturated carbocycles. The molecule has 3 aromatic rings. The van der Waals surface area contributed by atoms with E-state index in [1.165, 1.54) is 6.92 Å². The standard InChI is InChI=1S/C26H31N5O5S/c1-15(26(35)36)29-25(34)22(14-37)31-24(33)21(11-16-7-3-2-4-8-16)30-23(32)19(27)12-17-13-28-20-10-6-5-9-18(17)20/h2-10,13,15,19,21-22,28,37H,11-12,14,27H2,1H3,(H,29,34)(H,30,32)(H,31,33)(H,35,36). The Balaban J connectivity index is 1.72. The molecule has 196 valence electrons. The van der Waals surface area contributed by atoms with Gasteiger partial charge in [0, 0.05) is 29.3 Å². The van der Waals surface area contributed by atoms with Gasteiger partial charge in [0.15, 0.2) is 0 Å². The first-order valence-corrected chi connectivity index (χ1v) is 12.4. The fourth-order valence-corrected chi connectivity index (χ4v) is 4.07. The molecule has 37 heavy (non-hydrogen) atoms. The maximum absolute atomic E-state index is 13.2. The van der Waals surface area contributed by atoms with Crippen LogP contribution in [0.25, 0.3) is 10.9 Å². The van der Waals surface area contributed by atoms with Crippen molar-refractivity contribution >= 4 is 47.2 Å². The highest BCUT2D eigenvalue weighted by Gasteiger charge is 2.29. The van der Waals surface area contributed by atoms with Crippen LogP contribution in [-0.2, 0) is 32.0 Å². The summed E-state index contributed by atoms with van der Waals surface area (Å²) in [7, 11) is 0. The van der Waals surface area contributed by atoms with Gasteiger partial charge in [-0.05, 0) is 30.5 Å². The van der Waals surface area contributed by atoms with Crippen molar-refractivity contribution in [1.82, 2.24) is 20.9 Å². The Kier molecular flexibility index (Phi) is 9.70. The first kappa shape index (κ1) is 27.8. The van der Waals surface area contributed by atoms with Crippen LogP contribution in [0.4, 0.5) is 0 Å². The third kappa shape index (κ3) is 7.58. The zero-order chi connectivity index (χ0) is 26.9. The number of carboxylic acids is 1. The molecule has 11 heteroatoms. The number of aromatic amines is 1. The Bertz CT molecular complexity index is 1250. The van der Waals surface area contributed by atoms with Crippen molar-refractivity contribution in [3.05, 3.63) is 71.9 Å². The lowest BCUT2D eigenvalue weighted by Gasteiger charge is -2.24. The van der Waals surface area contributed by atoms with Gasteiger partial charge in [-0.2, -0.15) is 12.6 Å². The molecule has 2 aromatic carbocycles. The van der Waals surface area contributed by atoms with Crippen molar-refractivity contribution < 1.29 is 24.3 Å². The Morgan fingerprint density at radius 1 is 0.892 bits per heavy atom. The summed E-state index contributed by atoms with van der Waals surface area (Å²) in [4.78, 5) is 52.9. The van der Waals surface area contributed by atoms with E-state index < -0.39 is 47.9 Å². The number of fused-ring (bicyclic) bond motifs is 1. The van der Waals surface area contributed by atoms with E-state index in [1.54, 1.807) is 6.20 Å². The quantitative estimate of drug-likeness (QED) is 0.173. The number of thiol groups is 1. The van der Waals surface area contributed by atoms with Gasteiger partial charge in [0.05, 0.1) is 6.04 Å². The summed E-state index contributed by atoms with van der Waals surface area (Å²) in [6, 6.07) is 12.5. The van der Waals surface area contributed by atoms with Crippen molar-refractivity contribution in [2.45, 2.75) is 43.9 Å². The van der Waals surface area contributed by atoms with Gasteiger partial charge >= 0.3 is 5.97 Å². The number of hydrogen-bond donors (Lipinski definition) is 7. The SMILES string of the molecule is CC(NC(=O)C(CS)NC(=O)C(Cc1ccccc1)NC(=O)C(N)Cc1c[nH]c2ccccc12)C(=O)O. The van der Waals surface area contributed by atoms with E-state index in [9.17, 15) is 19.2 Å². The maximum atomic E-state index is 13.2. The molecule has 0 aliphatic rings. The number of benzene rings is 2. The first-order chi connectivity index (χ1) is 17.7. The summed E-state index contributed by atoms with van der Waals surface area (Å²) in [6.45, 7) is 1.31. The molecule has 0 bridgehead atoms. The van der Waals surface area contributed by atoms with Crippen LogP contribution in [0.15, 0.2) is 60.8 Å². The van der Waals surface area contributed by atoms with Gasteiger partial charge in [-0.1, -0.05) is 48.5 Å². The number of amides is 3. The van der Waals surface area contributed by atoms with Crippen molar-refractivity contribution in [2.75, 3.05) is 5.75 Å². The second-order valence-corrected chi connectivity index (χ2v) is 9.10. The van der Waals surface area contributed by atoms with Crippen molar-refractivity contribution in [1.29, 1.82) is 0 Å². The van der Waals surface area contributed by atoms with Gasteiger partial charge < -0.3 is 31.8 Å². The van der Waals surface area contributed by atoms with Crippen molar-refractivity contribution in [2.24, 2.45) is 5.73 Å². The Hall–Kier alpha value is -3.83. The van der Waals surface area contributed by atoms with Crippen LogP contribution in [0.1, 0.15) is 18.1 Å². The zero-order valence-corrected chi connectivity index (χ0v) is 21.2. The number of para-hydroxylation sites is 1. The Morgan fingerprint density at radius 2 is 1.51 bits per heavy atom. The number of nitrogens with two attached hydrogens (primary N) is 1. The fraction of sp³-hybridized carbons (Fsp3) is 0.308. The Morgan fingerprint density at radius 3 is 2.19 bits per heavy atom. The van der Waals surface area contributed by atoms with Crippen LogP contribution in [0.5, 0.6) is 0 Å². The molecular weight excluding hydrogens is 494 g/mol. The van der Waals surface area contributed by atoms with Gasteiger partial charge in [-0.3, -0.25) is 19.2 Å². The van der Waals surface area contributed by atoms with Gasteiger partial charge in [-0.25, -0.2) is 0 Å². The normalized spacial score (nSPS) is 14.2. The molecule has 1 heterocycles. The molecule has 0 spiro atoms. The topological polar surface area (TPSA) is 166 Å². The number of aromatic nitrogens is 1. The van der Waals surface area contributed by atoms with Crippen LogP contribution in [0, 0.1) is 0 Å². The summed E-state index contributed by atoms with van der Waals surface area (Å²) in [6.07, 6.45) is 2.22. The minimum absolute atomic E-state index is 0.0734. The minimum Gasteiger partial charge on any atom is -0.480 e. The highest BCUT2D eigenvalue weighted by Crippen LogP contribution is 2.19. The molecule has 3 rings (SSSR count). The van der Waals surface area contributed by atoms with E-state index in [2.05, 4.69) is 33.6 Å². The molecule has 0 radical (unpaired) electrons. The summed E-state index contributed by atoms with van der Waals surface area (Å²) in [5, 5.41) is 17.6.